The first-order chi connectivity index (χ1) is 15.2. The number of hydrogen-bond acceptors (Lipinski definition) is 2. The number of benzene rings is 2. The Bertz CT molecular complexity index is 1260. The fraction of sp³-hybridized carbons (Fsp3) is 0.269. The maximum atomic E-state index is 12.6. The third-order valence-electron chi connectivity index (χ3n) is 6.63. The number of carbonyl (C=O) groups excluding carboxylic acids is 1. The molecule has 5 heteroatoms. The minimum Gasteiger partial charge on any atom is -0.361 e. The van der Waals surface area contributed by atoms with Gasteiger partial charge in [0.1, 0.15) is 0 Å². The number of fused-ring (bicyclic) bond motifs is 2. The van der Waals surface area contributed by atoms with Gasteiger partial charge in [0.2, 0.25) is 0 Å². The zero-order valence-electron chi connectivity index (χ0n) is 17.5. The summed E-state index contributed by atoms with van der Waals surface area (Å²) in [5, 5.41) is 4.18. The molecule has 0 unspecified atom stereocenters. The number of aromatic nitrogens is 2. The fourth-order valence-corrected chi connectivity index (χ4v) is 5.05. The number of carbonyl (C=O) groups is 1. The number of aromatic amines is 2. The Hall–Kier alpha value is -3.31. The van der Waals surface area contributed by atoms with E-state index in [1.54, 1.807) is 0 Å². The minimum absolute atomic E-state index is 0.00693. The number of piperidine rings is 1. The van der Waals surface area contributed by atoms with Crippen molar-refractivity contribution in [2.45, 2.75) is 32.4 Å². The molecule has 2 aromatic carbocycles. The summed E-state index contributed by atoms with van der Waals surface area (Å²) in [5.41, 5.74) is 8.41. The smallest absolute Gasteiger partial charge is 0.252 e. The Balaban J connectivity index is 1.41. The molecular weight excluding hydrogens is 384 g/mol. The Kier molecular flexibility index (Phi) is 4.42. The first-order valence-corrected chi connectivity index (χ1v) is 11.2. The van der Waals surface area contributed by atoms with E-state index in [1.165, 1.54) is 43.3 Å². The first kappa shape index (κ1) is 18.5. The van der Waals surface area contributed by atoms with Crippen LogP contribution in [0, 0.1) is 0 Å². The van der Waals surface area contributed by atoms with Crippen LogP contribution < -0.4 is 5.32 Å². The van der Waals surface area contributed by atoms with Crippen LogP contribution in [0.15, 0.2) is 54.7 Å². The predicted molar refractivity (Wildman–Crippen MR) is 124 cm³/mol. The molecule has 1 saturated heterocycles. The monoisotopic (exact) mass is 410 g/mol. The Morgan fingerprint density at radius 1 is 0.935 bits per heavy atom. The zero-order valence-corrected chi connectivity index (χ0v) is 17.5. The second-order valence-corrected chi connectivity index (χ2v) is 8.77. The van der Waals surface area contributed by atoms with Gasteiger partial charge in [-0.25, -0.2) is 0 Å². The average molecular weight is 411 g/mol. The molecule has 2 aliphatic rings. The van der Waals surface area contributed by atoms with Crippen LogP contribution >= 0.6 is 0 Å². The molecule has 5 nitrogen and oxygen atoms in total. The van der Waals surface area contributed by atoms with Crippen LogP contribution in [0.2, 0.25) is 0 Å². The fourth-order valence-electron chi connectivity index (χ4n) is 5.05. The van der Waals surface area contributed by atoms with Crippen LogP contribution in [0.4, 0.5) is 0 Å². The van der Waals surface area contributed by atoms with Gasteiger partial charge in [-0.05, 0) is 85.1 Å². The molecule has 2 aliphatic heterocycles. The van der Waals surface area contributed by atoms with Crippen molar-refractivity contribution in [3.63, 3.8) is 0 Å². The second-order valence-electron chi connectivity index (χ2n) is 8.77. The molecule has 0 atom stereocenters. The lowest BCUT2D eigenvalue weighted by Gasteiger charge is -2.26. The number of hydrogen-bond donors (Lipinski definition) is 3. The van der Waals surface area contributed by atoms with E-state index in [1.807, 2.05) is 12.3 Å². The van der Waals surface area contributed by atoms with Crippen molar-refractivity contribution < 1.29 is 4.79 Å². The van der Waals surface area contributed by atoms with Crippen LogP contribution in [0.3, 0.4) is 0 Å². The lowest BCUT2D eigenvalue weighted by atomic mass is 9.96. The maximum absolute atomic E-state index is 12.6. The summed E-state index contributed by atoms with van der Waals surface area (Å²) in [6.07, 6.45) is 5.90. The number of likely N-dealkylation sites (tertiary alicyclic amines) is 1. The molecule has 4 heterocycles. The molecule has 0 bridgehead atoms. The summed E-state index contributed by atoms with van der Waals surface area (Å²) in [6, 6.07) is 17.2. The van der Waals surface area contributed by atoms with Crippen molar-refractivity contribution in [1.82, 2.24) is 20.2 Å². The lowest BCUT2D eigenvalue weighted by molar-refractivity contribution is 0.0966. The molecule has 0 saturated carbocycles. The normalized spacial score (nSPS) is 16.6. The highest BCUT2D eigenvalue weighted by Crippen LogP contribution is 2.35. The zero-order chi connectivity index (χ0) is 20.8. The van der Waals surface area contributed by atoms with Crippen molar-refractivity contribution in [3.05, 3.63) is 71.4 Å². The van der Waals surface area contributed by atoms with Crippen molar-refractivity contribution in [2.75, 3.05) is 13.1 Å². The van der Waals surface area contributed by atoms with E-state index in [2.05, 4.69) is 62.6 Å². The number of rotatable bonds is 4. The molecule has 0 aliphatic carbocycles. The van der Waals surface area contributed by atoms with E-state index in [-0.39, 0.29) is 5.91 Å². The van der Waals surface area contributed by atoms with E-state index in [0.717, 1.165) is 45.7 Å². The second kappa shape index (κ2) is 7.43. The third-order valence-corrected chi connectivity index (χ3v) is 6.63. The van der Waals surface area contributed by atoms with Gasteiger partial charge in [0.15, 0.2) is 0 Å². The molecule has 4 aromatic rings. The van der Waals surface area contributed by atoms with E-state index >= 15 is 0 Å². The van der Waals surface area contributed by atoms with Gasteiger partial charge in [-0.2, -0.15) is 0 Å². The van der Waals surface area contributed by atoms with Gasteiger partial charge in [-0.15, -0.1) is 0 Å². The quantitative estimate of drug-likeness (QED) is 0.440. The number of nitrogens with zero attached hydrogens (tertiary/aromatic N) is 1. The average Bonchev–Trinajstić information content (AvgIpc) is 3.54. The maximum Gasteiger partial charge on any atom is 0.252 e. The number of H-pyrrole nitrogens is 2. The largest absolute Gasteiger partial charge is 0.361 e. The topological polar surface area (TPSA) is 63.9 Å². The van der Waals surface area contributed by atoms with Gasteiger partial charge in [0.25, 0.3) is 5.91 Å². The number of nitrogens with one attached hydrogen (secondary N) is 3. The van der Waals surface area contributed by atoms with Crippen LogP contribution in [0.1, 0.15) is 40.7 Å². The molecule has 31 heavy (non-hydrogen) atoms. The van der Waals surface area contributed by atoms with Gasteiger partial charge < -0.3 is 15.3 Å². The highest BCUT2D eigenvalue weighted by atomic mass is 16.1. The molecule has 0 radical (unpaired) electrons. The summed E-state index contributed by atoms with van der Waals surface area (Å²) in [5.74, 6) is 0.00693. The minimum atomic E-state index is 0.00693. The molecule has 1 fully saturated rings. The molecule has 156 valence electrons. The summed E-state index contributed by atoms with van der Waals surface area (Å²) < 4.78 is 0. The van der Waals surface area contributed by atoms with Crippen LogP contribution in [0.5, 0.6) is 0 Å². The number of amides is 1. The summed E-state index contributed by atoms with van der Waals surface area (Å²) >= 11 is 0. The summed E-state index contributed by atoms with van der Waals surface area (Å²) in [6.45, 7) is 3.99. The molecule has 3 N–H and O–H groups in total. The first-order valence-electron chi connectivity index (χ1n) is 11.2. The Morgan fingerprint density at radius 3 is 2.68 bits per heavy atom. The SMILES string of the molecule is O=C1NCc2cc(-c3ccc[nH]3)cc(-c3cc4cc(CN5CCCCC5)ccc4[nH]3)c21. The Labute approximate surface area is 181 Å². The van der Waals surface area contributed by atoms with Crippen LogP contribution in [-0.4, -0.2) is 33.9 Å². The summed E-state index contributed by atoms with van der Waals surface area (Å²) in [7, 11) is 0. The Morgan fingerprint density at radius 2 is 1.84 bits per heavy atom. The highest BCUT2D eigenvalue weighted by Gasteiger charge is 2.25. The molecule has 1 amide bonds. The van der Waals surface area contributed by atoms with Crippen molar-refractivity contribution in [2.24, 2.45) is 0 Å². The lowest BCUT2D eigenvalue weighted by Crippen LogP contribution is -2.28. The van der Waals surface area contributed by atoms with Gasteiger partial charge in [-0.3, -0.25) is 9.69 Å². The molecular formula is C26H26N4O. The van der Waals surface area contributed by atoms with Crippen LogP contribution in [0.25, 0.3) is 33.4 Å². The summed E-state index contributed by atoms with van der Waals surface area (Å²) in [4.78, 5) is 22.0. The van der Waals surface area contributed by atoms with E-state index < -0.39 is 0 Å². The van der Waals surface area contributed by atoms with Gasteiger partial charge in [0.05, 0.1) is 5.56 Å². The van der Waals surface area contributed by atoms with Crippen LogP contribution in [-0.2, 0) is 13.1 Å². The third kappa shape index (κ3) is 3.35. The van der Waals surface area contributed by atoms with Gasteiger partial charge in [0, 0.05) is 47.1 Å². The van der Waals surface area contributed by atoms with Crippen molar-refractivity contribution in [3.8, 4) is 22.5 Å². The van der Waals surface area contributed by atoms with Crippen molar-refractivity contribution in [1.29, 1.82) is 0 Å². The van der Waals surface area contributed by atoms with E-state index in [0.29, 0.717) is 6.54 Å². The van der Waals surface area contributed by atoms with Crippen molar-refractivity contribution >= 4 is 16.8 Å². The highest BCUT2D eigenvalue weighted by molar-refractivity contribution is 6.06. The molecule has 2 aromatic heterocycles. The van der Waals surface area contributed by atoms with E-state index in [9.17, 15) is 4.79 Å². The van der Waals surface area contributed by atoms with E-state index in [4.69, 9.17) is 0 Å². The van der Waals surface area contributed by atoms with Gasteiger partial charge in [-0.1, -0.05) is 12.5 Å². The predicted octanol–water partition coefficient (Wildman–Crippen LogP) is 5.06. The van der Waals surface area contributed by atoms with Gasteiger partial charge >= 0.3 is 0 Å². The standard InChI is InChI=1S/C26H26N4O/c31-26-25-20(15-28-26)12-19(22-5-4-8-27-22)13-21(25)24-14-18-11-17(6-7-23(18)29-24)16-30-9-2-1-3-10-30/h4-8,11-14,27,29H,1-3,9-10,15-16H2,(H,28,31). The molecule has 6 rings (SSSR count). The molecule has 0 spiro atoms.